The van der Waals surface area contributed by atoms with Crippen LogP contribution in [0.15, 0.2) is 42.5 Å². The molecule has 3 rings (SSSR count). The maximum Gasteiger partial charge on any atom is 0.181 e. The van der Waals surface area contributed by atoms with Crippen molar-refractivity contribution in [3.8, 4) is 34.3 Å². The van der Waals surface area contributed by atoms with Crippen LogP contribution in [0.3, 0.4) is 0 Å². The number of halogens is 1. The van der Waals surface area contributed by atoms with Gasteiger partial charge in [-0.15, -0.1) is 0 Å². The summed E-state index contributed by atoms with van der Waals surface area (Å²) < 4.78 is 12.1. The van der Waals surface area contributed by atoms with Gasteiger partial charge in [0.25, 0.3) is 0 Å². The molecule has 0 bridgehead atoms. The summed E-state index contributed by atoms with van der Waals surface area (Å²) in [6.07, 6.45) is 0. The summed E-state index contributed by atoms with van der Waals surface area (Å²) in [6, 6.07) is 13.8. The number of aromatic nitrogens is 3. The molecule has 23 heavy (non-hydrogen) atoms. The van der Waals surface area contributed by atoms with Crippen LogP contribution >= 0.6 is 22.6 Å². The van der Waals surface area contributed by atoms with Gasteiger partial charge in [-0.2, -0.15) is 5.10 Å². The Hall–Kier alpha value is -2.09. The Morgan fingerprint density at radius 1 is 1.04 bits per heavy atom. The van der Waals surface area contributed by atoms with Crippen LogP contribution in [0.25, 0.3) is 22.8 Å². The lowest BCUT2D eigenvalue weighted by Crippen LogP contribution is -1.95. The lowest BCUT2D eigenvalue weighted by molar-refractivity contribution is 0.311. The molecule has 0 aliphatic rings. The Bertz CT molecular complexity index is 800. The molecule has 0 saturated heterocycles. The Morgan fingerprint density at radius 2 is 1.78 bits per heavy atom. The molecule has 0 radical (unpaired) electrons. The van der Waals surface area contributed by atoms with E-state index in [9.17, 15) is 0 Å². The summed E-state index contributed by atoms with van der Waals surface area (Å²) in [6.45, 7) is 2.53. The zero-order valence-corrected chi connectivity index (χ0v) is 15.0. The van der Waals surface area contributed by atoms with Crippen molar-refractivity contribution < 1.29 is 9.47 Å². The number of ether oxygens (including phenoxy) is 2. The molecular formula is C17H16IN3O2. The van der Waals surface area contributed by atoms with Crippen molar-refractivity contribution in [3.05, 3.63) is 46.0 Å². The number of methoxy groups -OCH3 is 1. The van der Waals surface area contributed by atoms with Gasteiger partial charge in [0.1, 0.15) is 0 Å². The second-order valence-corrected chi connectivity index (χ2v) is 6.06. The fraction of sp³-hybridized carbons (Fsp3) is 0.176. The van der Waals surface area contributed by atoms with Crippen LogP contribution < -0.4 is 9.47 Å². The van der Waals surface area contributed by atoms with Gasteiger partial charge in [0.05, 0.1) is 13.7 Å². The summed E-state index contributed by atoms with van der Waals surface area (Å²) in [4.78, 5) is 4.57. The minimum absolute atomic E-state index is 0.591. The third kappa shape index (κ3) is 3.47. The van der Waals surface area contributed by atoms with Crippen LogP contribution in [0.4, 0.5) is 0 Å². The van der Waals surface area contributed by atoms with Gasteiger partial charge in [-0.25, -0.2) is 4.98 Å². The summed E-state index contributed by atoms with van der Waals surface area (Å²) in [5.74, 6) is 2.75. The standard InChI is InChI=1S/C17H16IN3O2/c1-3-23-14-9-6-12(10-15(14)22-2)17-19-16(20-21-17)11-4-7-13(18)8-5-11/h4-10H,3H2,1-2H3,(H,19,20,21). The first-order valence-electron chi connectivity index (χ1n) is 7.21. The Kier molecular flexibility index (Phi) is 4.80. The molecule has 3 aromatic rings. The molecule has 1 aromatic heterocycles. The van der Waals surface area contributed by atoms with E-state index in [0.29, 0.717) is 23.9 Å². The van der Waals surface area contributed by atoms with E-state index in [2.05, 4.69) is 37.8 Å². The fourth-order valence-electron chi connectivity index (χ4n) is 2.21. The average molecular weight is 421 g/mol. The largest absolute Gasteiger partial charge is 0.493 e. The smallest absolute Gasteiger partial charge is 0.181 e. The van der Waals surface area contributed by atoms with Crippen LogP contribution in [0.5, 0.6) is 11.5 Å². The highest BCUT2D eigenvalue weighted by Crippen LogP contribution is 2.31. The van der Waals surface area contributed by atoms with E-state index in [0.717, 1.165) is 17.0 Å². The zero-order valence-electron chi connectivity index (χ0n) is 12.8. The third-order valence-corrected chi connectivity index (χ3v) is 4.04. The molecule has 0 saturated carbocycles. The van der Waals surface area contributed by atoms with Crippen molar-refractivity contribution in [3.63, 3.8) is 0 Å². The van der Waals surface area contributed by atoms with Crippen molar-refractivity contribution in [2.45, 2.75) is 6.92 Å². The zero-order chi connectivity index (χ0) is 16.2. The van der Waals surface area contributed by atoms with Gasteiger partial charge in [-0.3, -0.25) is 5.10 Å². The molecule has 0 aliphatic carbocycles. The number of rotatable bonds is 5. The number of H-pyrrole nitrogens is 1. The van der Waals surface area contributed by atoms with E-state index < -0.39 is 0 Å². The second kappa shape index (κ2) is 6.99. The minimum Gasteiger partial charge on any atom is -0.493 e. The van der Waals surface area contributed by atoms with Gasteiger partial charge in [-0.05, 0) is 59.8 Å². The van der Waals surface area contributed by atoms with E-state index in [1.54, 1.807) is 7.11 Å². The molecule has 1 heterocycles. The number of nitrogens with zero attached hydrogens (tertiary/aromatic N) is 2. The molecule has 5 nitrogen and oxygen atoms in total. The maximum absolute atomic E-state index is 5.53. The average Bonchev–Trinajstić information content (AvgIpc) is 3.06. The molecule has 6 heteroatoms. The van der Waals surface area contributed by atoms with Crippen LogP contribution in [0.1, 0.15) is 6.92 Å². The van der Waals surface area contributed by atoms with E-state index in [4.69, 9.17) is 9.47 Å². The number of benzene rings is 2. The van der Waals surface area contributed by atoms with Crippen LogP contribution in [0.2, 0.25) is 0 Å². The Balaban J connectivity index is 1.92. The first-order valence-corrected chi connectivity index (χ1v) is 8.28. The first-order chi connectivity index (χ1) is 11.2. The Morgan fingerprint density at radius 3 is 2.48 bits per heavy atom. The predicted molar refractivity (Wildman–Crippen MR) is 97.7 cm³/mol. The molecule has 0 unspecified atom stereocenters. The highest BCUT2D eigenvalue weighted by Gasteiger charge is 2.11. The molecule has 1 N–H and O–H groups in total. The SMILES string of the molecule is CCOc1ccc(-c2n[nH]c(-c3ccc(I)cc3)n2)cc1OC. The molecule has 0 spiro atoms. The molecule has 0 amide bonds. The van der Waals surface area contributed by atoms with Crippen LogP contribution in [0, 0.1) is 3.57 Å². The molecule has 2 aromatic carbocycles. The second-order valence-electron chi connectivity index (χ2n) is 4.81. The summed E-state index contributed by atoms with van der Waals surface area (Å²) in [5.41, 5.74) is 1.88. The summed E-state index contributed by atoms with van der Waals surface area (Å²) in [5, 5.41) is 7.28. The van der Waals surface area contributed by atoms with Crippen molar-refractivity contribution in [2.75, 3.05) is 13.7 Å². The molecule has 118 valence electrons. The quantitative estimate of drug-likeness (QED) is 0.629. The van der Waals surface area contributed by atoms with Crippen LogP contribution in [-0.2, 0) is 0 Å². The summed E-state index contributed by atoms with van der Waals surface area (Å²) >= 11 is 2.28. The third-order valence-electron chi connectivity index (χ3n) is 3.32. The number of hydrogen-bond donors (Lipinski definition) is 1. The van der Waals surface area contributed by atoms with E-state index in [1.807, 2.05) is 49.4 Å². The molecule has 0 atom stereocenters. The number of nitrogens with one attached hydrogen (secondary N) is 1. The van der Waals surface area contributed by atoms with Gasteiger partial charge >= 0.3 is 0 Å². The van der Waals surface area contributed by atoms with Gasteiger partial charge in [0.15, 0.2) is 23.1 Å². The van der Waals surface area contributed by atoms with Crippen LogP contribution in [-0.4, -0.2) is 28.9 Å². The fourth-order valence-corrected chi connectivity index (χ4v) is 2.57. The highest BCUT2D eigenvalue weighted by molar-refractivity contribution is 14.1. The monoisotopic (exact) mass is 421 g/mol. The Labute approximate surface area is 148 Å². The van der Waals surface area contributed by atoms with E-state index in [1.165, 1.54) is 3.57 Å². The highest BCUT2D eigenvalue weighted by atomic mass is 127. The van der Waals surface area contributed by atoms with Crippen molar-refractivity contribution in [1.82, 2.24) is 15.2 Å². The van der Waals surface area contributed by atoms with E-state index in [-0.39, 0.29) is 0 Å². The molecular weight excluding hydrogens is 405 g/mol. The van der Waals surface area contributed by atoms with Gasteiger partial charge < -0.3 is 9.47 Å². The lowest BCUT2D eigenvalue weighted by Gasteiger charge is -2.09. The maximum atomic E-state index is 5.53. The van der Waals surface area contributed by atoms with Crippen molar-refractivity contribution in [2.24, 2.45) is 0 Å². The van der Waals surface area contributed by atoms with E-state index >= 15 is 0 Å². The molecule has 0 aliphatic heterocycles. The number of hydrogen-bond acceptors (Lipinski definition) is 4. The normalized spacial score (nSPS) is 10.6. The van der Waals surface area contributed by atoms with Crippen molar-refractivity contribution >= 4 is 22.6 Å². The number of aromatic amines is 1. The minimum atomic E-state index is 0.591. The molecule has 0 fully saturated rings. The summed E-state index contributed by atoms with van der Waals surface area (Å²) in [7, 11) is 1.62. The van der Waals surface area contributed by atoms with Crippen molar-refractivity contribution in [1.29, 1.82) is 0 Å². The van der Waals surface area contributed by atoms with Gasteiger partial charge in [0, 0.05) is 14.7 Å². The first kappa shape index (κ1) is 15.8. The van der Waals surface area contributed by atoms with Gasteiger partial charge in [-0.1, -0.05) is 12.1 Å². The predicted octanol–water partition coefficient (Wildman–Crippen LogP) is 4.15. The van der Waals surface area contributed by atoms with Gasteiger partial charge in [0.2, 0.25) is 0 Å². The lowest BCUT2D eigenvalue weighted by atomic mass is 10.2. The topological polar surface area (TPSA) is 60.0 Å².